The quantitative estimate of drug-likeness (QED) is 0.446. The molecule has 3 aromatic carbocycles. The van der Waals surface area contributed by atoms with Gasteiger partial charge < -0.3 is 9.15 Å². The molecule has 0 N–H and O–H groups in total. The second-order valence-corrected chi connectivity index (χ2v) is 6.36. The first kappa shape index (κ1) is 15.6. The molecule has 0 atom stereocenters. The molecule has 130 valence electrons. The van der Waals surface area contributed by atoms with E-state index in [4.69, 9.17) is 9.15 Å². The molecule has 1 aromatic heterocycles. The Bertz CT molecular complexity index is 1170. The Hall–Kier alpha value is -3.66. The first-order valence-corrected chi connectivity index (χ1v) is 8.64. The SMILES string of the molecule is COc1ccc(-c2cnc(-c3cccc4c3-c3ccccc3C4=O)o2)cc1. The lowest BCUT2D eigenvalue weighted by atomic mass is 9.99. The zero-order valence-corrected chi connectivity index (χ0v) is 14.6. The molecule has 1 aliphatic rings. The Morgan fingerprint density at radius 1 is 0.815 bits per heavy atom. The van der Waals surface area contributed by atoms with Gasteiger partial charge in [0.2, 0.25) is 5.89 Å². The summed E-state index contributed by atoms with van der Waals surface area (Å²) in [5.41, 5.74) is 4.97. The van der Waals surface area contributed by atoms with E-state index >= 15 is 0 Å². The lowest BCUT2D eigenvalue weighted by molar-refractivity contribution is 0.104. The van der Waals surface area contributed by atoms with E-state index in [0.29, 0.717) is 17.2 Å². The number of rotatable bonds is 3. The molecule has 4 heteroatoms. The van der Waals surface area contributed by atoms with Gasteiger partial charge in [0.25, 0.3) is 0 Å². The van der Waals surface area contributed by atoms with Crippen LogP contribution in [-0.4, -0.2) is 17.9 Å². The summed E-state index contributed by atoms with van der Waals surface area (Å²) in [5.74, 6) is 2.00. The number of nitrogens with zero attached hydrogens (tertiary/aromatic N) is 1. The van der Waals surface area contributed by atoms with Crippen molar-refractivity contribution in [3.05, 3.63) is 84.1 Å². The van der Waals surface area contributed by atoms with Crippen molar-refractivity contribution < 1.29 is 13.9 Å². The number of methoxy groups -OCH3 is 1. The number of ketones is 1. The molecule has 0 saturated heterocycles. The van der Waals surface area contributed by atoms with Gasteiger partial charge in [-0.1, -0.05) is 36.4 Å². The van der Waals surface area contributed by atoms with Crippen molar-refractivity contribution in [3.8, 4) is 39.7 Å². The van der Waals surface area contributed by atoms with E-state index in [1.165, 1.54) is 0 Å². The maximum atomic E-state index is 12.7. The van der Waals surface area contributed by atoms with E-state index in [0.717, 1.165) is 33.6 Å². The molecular weight excluding hydrogens is 338 g/mol. The molecule has 0 radical (unpaired) electrons. The van der Waals surface area contributed by atoms with Crippen LogP contribution in [-0.2, 0) is 0 Å². The number of benzene rings is 3. The van der Waals surface area contributed by atoms with Gasteiger partial charge in [-0.3, -0.25) is 4.79 Å². The van der Waals surface area contributed by atoms with Crippen molar-refractivity contribution in [3.63, 3.8) is 0 Å². The summed E-state index contributed by atoms with van der Waals surface area (Å²) in [6, 6.07) is 20.9. The number of fused-ring (bicyclic) bond motifs is 3. The molecule has 4 nitrogen and oxygen atoms in total. The summed E-state index contributed by atoms with van der Waals surface area (Å²) in [7, 11) is 1.64. The molecule has 0 spiro atoms. The lowest BCUT2D eigenvalue weighted by Crippen LogP contribution is -1.94. The van der Waals surface area contributed by atoms with Crippen LogP contribution in [0.5, 0.6) is 5.75 Å². The zero-order valence-electron chi connectivity index (χ0n) is 14.6. The van der Waals surface area contributed by atoms with Gasteiger partial charge in [0.1, 0.15) is 5.75 Å². The number of aromatic nitrogens is 1. The number of hydrogen-bond donors (Lipinski definition) is 0. The minimum absolute atomic E-state index is 0.0457. The van der Waals surface area contributed by atoms with E-state index in [1.54, 1.807) is 13.3 Å². The lowest BCUT2D eigenvalue weighted by Gasteiger charge is -2.05. The fourth-order valence-electron chi connectivity index (χ4n) is 3.54. The van der Waals surface area contributed by atoms with Gasteiger partial charge in [0.15, 0.2) is 11.5 Å². The van der Waals surface area contributed by atoms with Gasteiger partial charge in [-0.2, -0.15) is 0 Å². The molecule has 1 aliphatic carbocycles. The van der Waals surface area contributed by atoms with Gasteiger partial charge >= 0.3 is 0 Å². The maximum absolute atomic E-state index is 12.7. The largest absolute Gasteiger partial charge is 0.497 e. The third-order valence-corrected chi connectivity index (χ3v) is 4.86. The van der Waals surface area contributed by atoms with E-state index in [1.807, 2.05) is 66.7 Å². The second kappa shape index (κ2) is 5.95. The van der Waals surface area contributed by atoms with Crippen molar-refractivity contribution in [1.29, 1.82) is 0 Å². The molecule has 0 saturated carbocycles. The summed E-state index contributed by atoms with van der Waals surface area (Å²) in [6.45, 7) is 0. The van der Waals surface area contributed by atoms with Crippen LogP contribution < -0.4 is 4.74 Å². The number of oxazole rings is 1. The van der Waals surface area contributed by atoms with Gasteiger partial charge in [-0.25, -0.2) is 4.98 Å². The third kappa shape index (κ3) is 2.38. The van der Waals surface area contributed by atoms with Crippen molar-refractivity contribution in [2.24, 2.45) is 0 Å². The number of hydrogen-bond acceptors (Lipinski definition) is 4. The van der Waals surface area contributed by atoms with Crippen LogP contribution in [0.25, 0.3) is 33.9 Å². The van der Waals surface area contributed by atoms with E-state index in [-0.39, 0.29) is 5.78 Å². The Labute approximate surface area is 156 Å². The highest BCUT2D eigenvalue weighted by atomic mass is 16.5. The van der Waals surface area contributed by atoms with Crippen LogP contribution in [0.1, 0.15) is 15.9 Å². The molecule has 27 heavy (non-hydrogen) atoms. The van der Waals surface area contributed by atoms with Crippen LogP contribution in [0, 0.1) is 0 Å². The minimum atomic E-state index is 0.0457. The molecule has 0 fully saturated rings. The van der Waals surface area contributed by atoms with E-state index in [2.05, 4.69) is 4.98 Å². The van der Waals surface area contributed by atoms with Crippen molar-refractivity contribution in [1.82, 2.24) is 4.98 Å². The van der Waals surface area contributed by atoms with Gasteiger partial charge in [-0.15, -0.1) is 0 Å². The Morgan fingerprint density at radius 2 is 1.52 bits per heavy atom. The Balaban J connectivity index is 1.62. The van der Waals surface area contributed by atoms with Crippen molar-refractivity contribution >= 4 is 5.78 Å². The summed E-state index contributed by atoms with van der Waals surface area (Å²) in [5, 5.41) is 0. The number of carbonyl (C=O) groups is 1. The molecule has 5 rings (SSSR count). The zero-order chi connectivity index (χ0) is 18.4. The summed E-state index contributed by atoms with van der Waals surface area (Å²) in [6.07, 6.45) is 1.71. The van der Waals surface area contributed by atoms with E-state index in [9.17, 15) is 4.79 Å². The predicted molar refractivity (Wildman–Crippen MR) is 103 cm³/mol. The molecular formula is C23H15NO3. The van der Waals surface area contributed by atoms with E-state index < -0.39 is 0 Å². The van der Waals surface area contributed by atoms with Crippen LogP contribution >= 0.6 is 0 Å². The maximum Gasteiger partial charge on any atom is 0.227 e. The third-order valence-electron chi connectivity index (χ3n) is 4.86. The molecule has 1 heterocycles. The highest BCUT2D eigenvalue weighted by Gasteiger charge is 2.29. The fourth-order valence-corrected chi connectivity index (χ4v) is 3.54. The molecule has 0 aliphatic heterocycles. The predicted octanol–water partition coefficient (Wildman–Crippen LogP) is 5.23. The minimum Gasteiger partial charge on any atom is -0.497 e. The first-order chi connectivity index (χ1) is 13.3. The highest BCUT2D eigenvalue weighted by Crippen LogP contribution is 2.43. The normalized spacial score (nSPS) is 12.0. The van der Waals surface area contributed by atoms with Crippen LogP contribution in [0.2, 0.25) is 0 Å². The topological polar surface area (TPSA) is 52.3 Å². The highest BCUT2D eigenvalue weighted by molar-refractivity contribution is 6.23. The van der Waals surface area contributed by atoms with Crippen molar-refractivity contribution in [2.45, 2.75) is 0 Å². The average Bonchev–Trinajstić information content (AvgIpc) is 3.33. The van der Waals surface area contributed by atoms with Crippen LogP contribution in [0.4, 0.5) is 0 Å². The van der Waals surface area contributed by atoms with Crippen molar-refractivity contribution in [2.75, 3.05) is 7.11 Å². The smallest absolute Gasteiger partial charge is 0.227 e. The fraction of sp³-hybridized carbons (Fsp3) is 0.0435. The first-order valence-electron chi connectivity index (χ1n) is 8.64. The van der Waals surface area contributed by atoms with Gasteiger partial charge in [0.05, 0.1) is 13.3 Å². The summed E-state index contributed by atoms with van der Waals surface area (Å²) in [4.78, 5) is 17.2. The monoisotopic (exact) mass is 353 g/mol. The standard InChI is InChI=1S/C23H15NO3/c1-26-15-11-9-14(10-12-15)20-13-24-23(27-20)19-8-4-7-18-21(19)16-5-2-3-6-17(16)22(18)25/h2-13H,1H3. The number of carbonyl (C=O) groups excluding carboxylic acids is 1. The molecule has 0 unspecified atom stereocenters. The number of ether oxygens (including phenoxy) is 1. The Kier molecular flexibility index (Phi) is 3.44. The average molecular weight is 353 g/mol. The van der Waals surface area contributed by atoms with Gasteiger partial charge in [0, 0.05) is 27.8 Å². The Morgan fingerprint density at radius 3 is 2.30 bits per heavy atom. The summed E-state index contributed by atoms with van der Waals surface area (Å²) >= 11 is 0. The molecule has 0 bridgehead atoms. The van der Waals surface area contributed by atoms with Gasteiger partial charge in [-0.05, 0) is 35.9 Å². The molecule has 4 aromatic rings. The second-order valence-electron chi connectivity index (χ2n) is 6.36. The van der Waals surface area contributed by atoms with Crippen LogP contribution in [0.15, 0.2) is 77.3 Å². The molecule has 0 amide bonds. The van der Waals surface area contributed by atoms with Crippen LogP contribution in [0.3, 0.4) is 0 Å². The summed E-state index contributed by atoms with van der Waals surface area (Å²) < 4.78 is 11.2.